The van der Waals surface area contributed by atoms with Crippen molar-refractivity contribution in [3.8, 4) is 21.9 Å². The molecule has 0 saturated carbocycles. The van der Waals surface area contributed by atoms with Gasteiger partial charge in [0.05, 0.1) is 0 Å². The Bertz CT molecular complexity index is 1550. The summed E-state index contributed by atoms with van der Waals surface area (Å²) >= 11 is 3.14. The minimum atomic E-state index is 0.0901. The van der Waals surface area contributed by atoms with Gasteiger partial charge >= 0.3 is 0 Å². The van der Waals surface area contributed by atoms with Crippen LogP contribution in [0.2, 0.25) is 0 Å². The Morgan fingerprint density at radius 2 is 1.62 bits per heavy atom. The summed E-state index contributed by atoms with van der Waals surface area (Å²) in [6.45, 7) is 5.08. The molecule has 0 N–H and O–H groups in total. The Balaban J connectivity index is 1.03. The van der Waals surface area contributed by atoms with Crippen molar-refractivity contribution in [2.24, 2.45) is 0 Å². The summed E-state index contributed by atoms with van der Waals surface area (Å²) in [6, 6.07) is 28.2. The average Bonchev–Trinajstić information content (AvgIpc) is 3.63. The molecule has 5 aromatic rings. The first kappa shape index (κ1) is 26.2. The van der Waals surface area contributed by atoms with Crippen molar-refractivity contribution in [2.75, 3.05) is 31.1 Å². The molecule has 6 nitrogen and oxygen atoms in total. The van der Waals surface area contributed by atoms with E-state index in [-0.39, 0.29) is 5.91 Å². The second kappa shape index (κ2) is 12.0. The number of carbonyl (C=O) groups is 1. The zero-order chi connectivity index (χ0) is 27.3. The minimum absolute atomic E-state index is 0.0901. The molecule has 0 radical (unpaired) electrons. The largest absolute Gasteiger partial charge is 0.457 e. The highest BCUT2D eigenvalue weighted by molar-refractivity contribution is 7.13. The molecule has 40 heavy (non-hydrogen) atoms. The number of aryl methyl sites for hydroxylation is 1. The molecule has 0 atom stereocenters. The van der Waals surface area contributed by atoms with E-state index in [4.69, 9.17) is 9.72 Å². The van der Waals surface area contributed by atoms with Crippen LogP contribution in [-0.4, -0.2) is 46.3 Å². The molecule has 1 aliphatic rings. The summed E-state index contributed by atoms with van der Waals surface area (Å²) < 4.78 is 10.6. The molecular weight excluding hydrogens is 537 g/mol. The third-order valence-corrected chi connectivity index (χ3v) is 8.72. The summed E-state index contributed by atoms with van der Waals surface area (Å²) in [5.41, 5.74) is 4.23. The second-order valence-corrected chi connectivity index (χ2v) is 11.6. The van der Waals surface area contributed by atoms with Crippen molar-refractivity contribution >= 4 is 33.9 Å². The quantitative estimate of drug-likeness (QED) is 0.207. The summed E-state index contributed by atoms with van der Waals surface area (Å²) in [7, 11) is 0. The molecule has 6 rings (SSSR count). The van der Waals surface area contributed by atoms with Crippen LogP contribution in [0.4, 0.5) is 5.13 Å². The maximum atomic E-state index is 13.2. The van der Waals surface area contributed by atoms with Gasteiger partial charge in [0.2, 0.25) is 5.13 Å². The molecule has 0 spiro atoms. The van der Waals surface area contributed by atoms with E-state index in [1.807, 2.05) is 71.6 Å². The van der Waals surface area contributed by atoms with Gasteiger partial charge in [-0.25, -0.2) is 4.98 Å². The van der Waals surface area contributed by atoms with E-state index in [0.29, 0.717) is 13.0 Å². The molecule has 8 heteroatoms. The third-order valence-electron chi connectivity index (χ3n) is 6.99. The van der Waals surface area contributed by atoms with E-state index < -0.39 is 0 Å². The van der Waals surface area contributed by atoms with Crippen LogP contribution >= 0.6 is 22.9 Å². The predicted molar refractivity (Wildman–Crippen MR) is 163 cm³/mol. The molecule has 2 aromatic heterocycles. The lowest BCUT2D eigenvalue weighted by molar-refractivity contribution is 0.0767. The predicted octanol–water partition coefficient (Wildman–Crippen LogP) is 7.31. The first-order chi connectivity index (χ1) is 19.6. The van der Waals surface area contributed by atoms with E-state index in [2.05, 4.69) is 39.8 Å². The first-order valence-corrected chi connectivity index (χ1v) is 15.1. The van der Waals surface area contributed by atoms with Crippen molar-refractivity contribution in [1.82, 2.24) is 14.3 Å². The number of nitrogens with zero attached hydrogens (tertiary/aromatic N) is 4. The molecule has 0 unspecified atom stereocenters. The fourth-order valence-electron chi connectivity index (χ4n) is 4.76. The van der Waals surface area contributed by atoms with Crippen LogP contribution in [0.5, 0.6) is 11.5 Å². The van der Waals surface area contributed by atoms with Gasteiger partial charge in [-0.05, 0) is 72.3 Å². The molecule has 1 amide bonds. The van der Waals surface area contributed by atoms with E-state index in [1.165, 1.54) is 22.0 Å². The van der Waals surface area contributed by atoms with Gasteiger partial charge in [0.1, 0.15) is 17.3 Å². The molecular formula is C32H30N4O2S2. The smallest absolute Gasteiger partial charge is 0.253 e. The van der Waals surface area contributed by atoms with Gasteiger partial charge in [0.25, 0.3) is 5.91 Å². The van der Waals surface area contributed by atoms with Gasteiger partial charge < -0.3 is 14.5 Å². The Hall–Kier alpha value is -4.01. The number of aromatic nitrogens is 2. The monoisotopic (exact) mass is 566 g/mol. The fraction of sp³-hybridized carbons (Fsp3) is 0.219. The summed E-state index contributed by atoms with van der Waals surface area (Å²) in [5, 5.41) is 2.99. The van der Waals surface area contributed by atoms with Crippen LogP contribution < -0.4 is 9.64 Å². The van der Waals surface area contributed by atoms with Gasteiger partial charge in [-0.1, -0.05) is 48.0 Å². The van der Waals surface area contributed by atoms with Crippen molar-refractivity contribution < 1.29 is 9.53 Å². The molecule has 0 aliphatic carbocycles. The summed E-state index contributed by atoms with van der Waals surface area (Å²) in [4.78, 5) is 23.5. The highest BCUT2D eigenvalue weighted by atomic mass is 32.1. The number of thiophene rings is 1. The molecule has 1 aliphatic heterocycles. The van der Waals surface area contributed by atoms with Crippen LogP contribution in [-0.2, 0) is 6.42 Å². The summed E-state index contributed by atoms with van der Waals surface area (Å²) in [5.74, 6) is 2.54. The lowest BCUT2D eigenvalue weighted by Gasteiger charge is -2.21. The van der Waals surface area contributed by atoms with Crippen LogP contribution in [0.25, 0.3) is 10.4 Å². The number of anilines is 1. The second-order valence-electron chi connectivity index (χ2n) is 9.92. The summed E-state index contributed by atoms with van der Waals surface area (Å²) in [6.07, 6.45) is 1.57. The van der Waals surface area contributed by atoms with E-state index in [1.54, 1.807) is 11.3 Å². The highest BCUT2D eigenvalue weighted by Crippen LogP contribution is 2.26. The average molecular weight is 567 g/mol. The van der Waals surface area contributed by atoms with E-state index in [9.17, 15) is 4.79 Å². The highest BCUT2D eigenvalue weighted by Gasteiger charge is 2.22. The van der Waals surface area contributed by atoms with Gasteiger partial charge in [-0.15, -0.1) is 11.3 Å². The maximum Gasteiger partial charge on any atom is 0.253 e. The zero-order valence-electron chi connectivity index (χ0n) is 22.3. The minimum Gasteiger partial charge on any atom is -0.457 e. The number of amides is 1. The van der Waals surface area contributed by atoms with Gasteiger partial charge in [0, 0.05) is 54.6 Å². The SMILES string of the molecule is Cc1ccc(Oc2ccc(Cc3nsc(N4CCCN(C(=O)c5ccc(-c6cccs6)cc5)CC4)n3)cc2)cc1. The zero-order valence-corrected chi connectivity index (χ0v) is 24.0. The lowest BCUT2D eigenvalue weighted by Crippen LogP contribution is -2.35. The normalized spacial score (nSPS) is 13.7. The maximum absolute atomic E-state index is 13.2. The van der Waals surface area contributed by atoms with Crippen LogP contribution in [0.1, 0.15) is 33.7 Å². The number of carbonyl (C=O) groups excluding carboxylic acids is 1. The van der Waals surface area contributed by atoms with E-state index >= 15 is 0 Å². The number of benzene rings is 3. The van der Waals surface area contributed by atoms with Crippen LogP contribution in [0.3, 0.4) is 0 Å². The molecule has 202 valence electrons. The van der Waals surface area contributed by atoms with Gasteiger partial charge in [-0.3, -0.25) is 4.79 Å². The number of hydrogen-bond donors (Lipinski definition) is 0. The number of ether oxygens (including phenoxy) is 1. The Morgan fingerprint density at radius 3 is 2.35 bits per heavy atom. The lowest BCUT2D eigenvalue weighted by atomic mass is 10.1. The Morgan fingerprint density at radius 1 is 0.875 bits per heavy atom. The molecule has 1 fully saturated rings. The molecule has 0 bridgehead atoms. The van der Waals surface area contributed by atoms with Crippen LogP contribution in [0, 0.1) is 6.92 Å². The van der Waals surface area contributed by atoms with Gasteiger partial charge in [0.15, 0.2) is 0 Å². The standard InChI is InChI=1S/C32H30N4O2S2/c1-23-5-13-27(14-6-23)38-28-15-7-24(8-16-28)22-30-33-32(40-34-30)36-18-3-17-35(19-20-36)31(37)26-11-9-25(10-12-26)29-4-2-21-39-29/h2,4-16,21H,3,17-20,22H2,1H3. The van der Waals surface area contributed by atoms with Crippen molar-refractivity contribution in [2.45, 2.75) is 19.8 Å². The fourth-order valence-corrected chi connectivity index (χ4v) is 6.23. The molecule has 3 heterocycles. The Labute approximate surface area is 242 Å². The Kier molecular flexibility index (Phi) is 7.88. The molecule has 3 aromatic carbocycles. The van der Waals surface area contributed by atoms with Crippen LogP contribution in [0.15, 0.2) is 90.3 Å². The topological polar surface area (TPSA) is 58.6 Å². The van der Waals surface area contributed by atoms with Crippen molar-refractivity contribution in [3.05, 3.63) is 113 Å². The van der Waals surface area contributed by atoms with E-state index in [0.717, 1.165) is 65.2 Å². The third kappa shape index (κ3) is 6.24. The van der Waals surface area contributed by atoms with Crippen molar-refractivity contribution in [1.29, 1.82) is 0 Å². The molecule has 1 saturated heterocycles. The van der Waals surface area contributed by atoms with Crippen molar-refractivity contribution in [3.63, 3.8) is 0 Å². The first-order valence-electron chi connectivity index (χ1n) is 13.4. The number of hydrogen-bond acceptors (Lipinski definition) is 7. The number of rotatable bonds is 7. The van der Waals surface area contributed by atoms with Gasteiger partial charge in [-0.2, -0.15) is 4.37 Å².